The van der Waals surface area contributed by atoms with Crippen molar-refractivity contribution in [3.63, 3.8) is 0 Å². The number of benzene rings is 1. The van der Waals surface area contributed by atoms with E-state index in [1.54, 1.807) is 12.4 Å². The molecule has 0 bridgehead atoms. The second-order valence-corrected chi connectivity index (χ2v) is 16.4. The predicted octanol–water partition coefficient (Wildman–Crippen LogP) is 4.06. The lowest BCUT2D eigenvalue weighted by Gasteiger charge is -2.33. The van der Waals surface area contributed by atoms with E-state index in [0.717, 1.165) is 84.8 Å². The van der Waals surface area contributed by atoms with Gasteiger partial charge in [-0.1, -0.05) is 0 Å². The summed E-state index contributed by atoms with van der Waals surface area (Å²) in [5.74, 6) is 1.44. The number of anilines is 7. The van der Waals surface area contributed by atoms with Crippen molar-refractivity contribution in [3.05, 3.63) is 77.1 Å². The van der Waals surface area contributed by atoms with Gasteiger partial charge in [0.05, 0.1) is 23.8 Å². The number of carbonyl (C=O) groups is 3. The van der Waals surface area contributed by atoms with Crippen molar-refractivity contribution in [1.29, 1.82) is 0 Å². The quantitative estimate of drug-likeness (QED) is 0.0978. The first-order valence-corrected chi connectivity index (χ1v) is 20.9. The average molecular weight is 842 g/mol. The molecule has 3 amide bonds. The minimum atomic E-state index is -0.648. The molecule has 7 rings (SSSR count). The molecule has 2 aliphatic heterocycles. The first kappa shape index (κ1) is 42.6. The highest BCUT2D eigenvalue weighted by Gasteiger charge is 2.25. The Labute approximate surface area is 351 Å². The van der Waals surface area contributed by atoms with Crippen molar-refractivity contribution < 1.29 is 14.4 Å². The fraction of sp³-hybridized carbons (Fsp3) is 0.410. The molecule has 0 radical (unpaired) electrons. The molecule has 0 spiro atoms. The van der Waals surface area contributed by atoms with Gasteiger partial charge in [-0.05, 0) is 117 Å². The molecule has 18 nitrogen and oxygen atoms in total. The zero-order valence-electron chi connectivity index (χ0n) is 33.6. The first-order chi connectivity index (χ1) is 28.4. The number of aryl methyl sites for hydroxylation is 2. The number of piperidine rings is 2. The zero-order chi connectivity index (χ0) is 42.1. The number of nitrogens with zero attached hydrogens (tertiary/aromatic N) is 9. The number of amides is 3. The highest BCUT2D eigenvalue weighted by atomic mass is 32.1. The Hall–Kier alpha value is -5.99. The standard InChI is InChI=1S/C24H30N8O2S.C15H21N7OS/c1-15-11-20(35-30-15)29-23-21(22(25)33)26-13-19(28-23)32-10-4-5-16(14-32)12-27-24(34)17-6-8-18(9-7-17)31(2)3;1-9-5-12(24-21-9)20-15-13(14(17)23)18-7-11(19-15)22-4-2-3-10(6-16)8-22/h6-9,11,13,16H,4-5,10,12,14H2,1-3H3,(H2,25,33)(H,27,34)(H,28,29);5,7,10H,2-4,6,8,16H2,1H3,(H2,17,23)(H,19,20). The fourth-order valence-electron chi connectivity index (χ4n) is 6.83. The summed E-state index contributed by atoms with van der Waals surface area (Å²) in [6, 6.07) is 11.3. The summed E-state index contributed by atoms with van der Waals surface area (Å²) in [5, 5.41) is 10.9. The van der Waals surface area contributed by atoms with E-state index < -0.39 is 11.8 Å². The second kappa shape index (κ2) is 19.6. The third kappa shape index (κ3) is 11.4. The molecular weight excluding hydrogens is 791 g/mol. The monoisotopic (exact) mass is 841 g/mol. The molecule has 20 heteroatoms. The van der Waals surface area contributed by atoms with Crippen LogP contribution in [0.1, 0.15) is 68.4 Å². The zero-order valence-corrected chi connectivity index (χ0v) is 35.3. The highest BCUT2D eigenvalue weighted by Crippen LogP contribution is 2.28. The lowest BCUT2D eigenvalue weighted by molar-refractivity contribution is 0.0943. The molecular formula is C39H51N15O3S2. The summed E-state index contributed by atoms with van der Waals surface area (Å²) in [6.07, 6.45) is 7.35. The Morgan fingerprint density at radius 3 is 1.71 bits per heavy atom. The molecule has 0 aliphatic carbocycles. The van der Waals surface area contributed by atoms with Crippen molar-refractivity contribution in [2.24, 2.45) is 29.0 Å². The Morgan fingerprint density at radius 1 is 0.780 bits per heavy atom. The molecule has 2 atom stereocenters. The van der Waals surface area contributed by atoms with Crippen molar-refractivity contribution in [3.8, 4) is 0 Å². The topological polar surface area (TPSA) is 252 Å². The largest absolute Gasteiger partial charge is 0.378 e. The van der Waals surface area contributed by atoms with E-state index in [0.29, 0.717) is 42.0 Å². The van der Waals surface area contributed by atoms with E-state index in [1.807, 2.05) is 69.2 Å². The Bertz CT molecular complexity index is 2230. The molecule has 0 saturated carbocycles. The van der Waals surface area contributed by atoms with Gasteiger partial charge in [0.15, 0.2) is 23.0 Å². The van der Waals surface area contributed by atoms with Gasteiger partial charge in [-0.15, -0.1) is 0 Å². The summed E-state index contributed by atoms with van der Waals surface area (Å²) in [5.41, 5.74) is 20.4. The maximum Gasteiger partial charge on any atom is 0.271 e. The molecule has 2 saturated heterocycles. The molecule has 59 heavy (non-hydrogen) atoms. The summed E-state index contributed by atoms with van der Waals surface area (Å²) >= 11 is 2.58. The van der Waals surface area contributed by atoms with Crippen LogP contribution in [-0.2, 0) is 0 Å². The number of rotatable bonds is 13. The summed E-state index contributed by atoms with van der Waals surface area (Å²) < 4.78 is 8.46. The van der Waals surface area contributed by atoms with Gasteiger partial charge < -0.3 is 47.9 Å². The maximum atomic E-state index is 12.6. The number of nitrogens with two attached hydrogens (primary N) is 3. The second-order valence-electron chi connectivity index (χ2n) is 14.8. The van der Waals surface area contributed by atoms with Crippen LogP contribution in [0.25, 0.3) is 0 Å². The summed E-state index contributed by atoms with van der Waals surface area (Å²) in [4.78, 5) is 60.2. The number of hydrogen-bond acceptors (Lipinski definition) is 17. The third-order valence-corrected chi connectivity index (χ3v) is 11.5. The maximum absolute atomic E-state index is 12.6. The van der Waals surface area contributed by atoms with Gasteiger partial charge in [-0.2, -0.15) is 8.75 Å². The van der Waals surface area contributed by atoms with Crippen LogP contribution in [-0.4, -0.2) is 99.8 Å². The number of aromatic nitrogens is 6. The van der Waals surface area contributed by atoms with Crippen LogP contribution in [0.5, 0.6) is 0 Å². The van der Waals surface area contributed by atoms with E-state index >= 15 is 0 Å². The lowest BCUT2D eigenvalue weighted by Crippen LogP contribution is -2.41. The van der Waals surface area contributed by atoms with Crippen LogP contribution in [0.3, 0.4) is 0 Å². The van der Waals surface area contributed by atoms with Crippen LogP contribution in [0.15, 0.2) is 48.8 Å². The molecule has 2 unspecified atom stereocenters. The molecule has 2 fully saturated rings. The molecule has 4 aromatic heterocycles. The molecule has 1 aromatic carbocycles. The molecule has 312 valence electrons. The summed E-state index contributed by atoms with van der Waals surface area (Å²) in [7, 11) is 3.93. The first-order valence-electron chi connectivity index (χ1n) is 19.4. The van der Waals surface area contributed by atoms with E-state index in [9.17, 15) is 14.4 Å². The Morgan fingerprint density at radius 2 is 1.27 bits per heavy atom. The van der Waals surface area contributed by atoms with E-state index in [1.165, 1.54) is 23.1 Å². The number of primary amides is 2. The van der Waals surface area contributed by atoms with Gasteiger partial charge >= 0.3 is 0 Å². The van der Waals surface area contributed by atoms with Crippen LogP contribution >= 0.6 is 23.1 Å². The van der Waals surface area contributed by atoms with Gasteiger partial charge in [-0.3, -0.25) is 14.4 Å². The smallest absolute Gasteiger partial charge is 0.271 e. The van der Waals surface area contributed by atoms with Gasteiger partial charge in [0.25, 0.3) is 17.7 Å². The van der Waals surface area contributed by atoms with Crippen LogP contribution in [0.2, 0.25) is 0 Å². The van der Waals surface area contributed by atoms with Crippen molar-refractivity contribution in [2.45, 2.75) is 39.5 Å². The van der Waals surface area contributed by atoms with Crippen LogP contribution in [0.4, 0.5) is 39.0 Å². The van der Waals surface area contributed by atoms with Crippen molar-refractivity contribution in [1.82, 2.24) is 34.0 Å². The van der Waals surface area contributed by atoms with Crippen molar-refractivity contribution >= 4 is 79.7 Å². The van der Waals surface area contributed by atoms with Crippen LogP contribution in [0, 0.1) is 25.7 Å². The van der Waals surface area contributed by atoms with Gasteiger partial charge in [0.2, 0.25) is 0 Å². The normalized spacial score (nSPS) is 16.4. The molecule has 6 heterocycles. The number of hydrogen-bond donors (Lipinski definition) is 6. The predicted molar refractivity (Wildman–Crippen MR) is 233 cm³/mol. The molecule has 2 aliphatic rings. The Kier molecular flexibility index (Phi) is 14.2. The van der Waals surface area contributed by atoms with Crippen molar-refractivity contribution in [2.75, 3.05) is 78.7 Å². The summed E-state index contributed by atoms with van der Waals surface area (Å²) in [6.45, 7) is 8.32. The van der Waals surface area contributed by atoms with Crippen LogP contribution < -0.4 is 47.9 Å². The van der Waals surface area contributed by atoms with Gasteiger partial charge in [-0.25, -0.2) is 19.9 Å². The number of carbonyl (C=O) groups excluding carboxylic acids is 3. The van der Waals surface area contributed by atoms with E-state index in [-0.39, 0.29) is 23.2 Å². The van der Waals surface area contributed by atoms with E-state index in [2.05, 4.69) is 54.4 Å². The average Bonchev–Trinajstić information content (AvgIpc) is 3.85. The molecule has 9 N–H and O–H groups in total. The van der Waals surface area contributed by atoms with E-state index in [4.69, 9.17) is 17.2 Å². The molecule has 5 aromatic rings. The minimum absolute atomic E-state index is 0.0793. The third-order valence-electron chi connectivity index (χ3n) is 9.94. The van der Waals surface area contributed by atoms with Gasteiger partial charge in [0, 0.05) is 58.1 Å². The Balaban J connectivity index is 0.000000213. The lowest BCUT2D eigenvalue weighted by atomic mass is 9.98. The van der Waals surface area contributed by atoms with Gasteiger partial charge in [0.1, 0.15) is 21.6 Å². The minimum Gasteiger partial charge on any atom is -0.378 e. The number of nitrogens with one attached hydrogen (secondary N) is 3. The highest BCUT2D eigenvalue weighted by molar-refractivity contribution is 7.10. The SMILES string of the molecule is Cc1cc(Nc2nc(N3CCCC(CN)C3)cnc2C(N)=O)sn1.Cc1cc(Nc2nc(N3CCCC(CNC(=O)c4ccc(N(C)C)cc4)C3)cnc2C(N)=O)sn1. The fourth-order valence-corrected chi connectivity index (χ4v) is 8.15.